The maximum Gasteiger partial charge on any atom is 0.335 e. The summed E-state index contributed by atoms with van der Waals surface area (Å²) < 4.78 is 0. The van der Waals surface area contributed by atoms with Crippen LogP contribution in [0.25, 0.3) is 0 Å². The smallest absolute Gasteiger partial charge is 0.335 e. The highest BCUT2D eigenvalue weighted by Crippen LogP contribution is 2.13. The second-order valence-electron chi connectivity index (χ2n) is 3.97. The van der Waals surface area contributed by atoms with Crippen molar-refractivity contribution in [2.45, 2.75) is 6.54 Å². The molecular formula is C13H15N5O. The Balaban J connectivity index is 2.18. The average Bonchev–Trinajstić information content (AvgIpc) is 2.40. The van der Waals surface area contributed by atoms with Gasteiger partial charge in [0.2, 0.25) is 0 Å². The monoisotopic (exact) mass is 257 g/mol. The number of nitrogens with two attached hydrogens (primary N) is 1. The first-order valence-corrected chi connectivity index (χ1v) is 5.80. The Morgan fingerprint density at radius 3 is 2.37 bits per heavy atom. The van der Waals surface area contributed by atoms with Crippen molar-refractivity contribution in [1.29, 1.82) is 0 Å². The van der Waals surface area contributed by atoms with Crippen LogP contribution in [0, 0.1) is 0 Å². The van der Waals surface area contributed by atoms with E-state index in [-0.39, 0.29) is 0 Å². The van der Waals surface area contributed by atoms with E-state index in [9.17, 15) is 4.79 Å². The third-order valence-electron chi connectivity index (χ3n) is 2.53. The van der Waals surface area contributed by atoms with Crippen LogP contribution in [0.5, 0.6) is 0 Å². The number of hydrogen-bond donors (Lipinski definition) is 1. The first-order chi connectivity index (χ1) is 9.18. The van der Waals surface area contributed by atoms with Gasteiger partial charge in [-0.15, -0.1) is 0 Å². The minimum atomic E-state index is -0.586. The van der Waals surface area contributed by atoms with E-state index in [1.165, 1.54) is 5.01 Å². The van der Waals surface area contributed by atoms with Gasteiger partial charge in [-0.2, -0.15) is 0 Å². The molecule has 6 heteroatoms. The molecule has 2 aromatic rings. The average molecular weight is 257 g/mol. The summed E-state index contributed by atoms with van der Waals surface area (Å²) in [6.45, 7) is 0.459. The maximum absolute atomic E-state index is 11.6. The summed E-state index contributed by atoms with van der Waals surface area (Å²) in [6.07, 6.45) is 3.32. The molecule has 0 bridgehead atoms. The zero-order chi connectivity index (χ0) is 13.7. The second-order valence-corrected chi connectivity index (χ2v) is 3.97. The van der Waals surface area contributed by atoms with Crippen molar-refractivity contribution in [3.8, 4) is 0 Å². The van der Waals surface area contributed by atoms with Crippen molar-refractivity contribution in [3.05, 3.63) is 54.5 Å². The van der Waals surface area contributed by atoms with Crippen molar-refractivity contribution in [2.75, 3.05) is 12.1 Å². The molecule has 0 unspecified atom stereocenters. The van der Waals surface area contributed by atoms with Crippen molar-refractivity contribution in [1.82, 2.24) is 15.0 Å². The van der Waals surface area contributed by atoms with Gasteiger partial charge >= 0.3 is 6.03 Å². The van der Waals surface area contributed by atoms with Crippen LogP contribution < -0.4 is 10.7 Å². The van der Waals surface area contributed by atoms with Gasteiger partial charge in [-0.25, -0.2) is 19.8 Å². The molecule has 0 saturated heterocycles. The highest BCUT2D eigenvalue weighted by atomic mass is 16.2. The number of pyridine rings is 2. The first kappa shape index (κ1) is 13.0. The number of rotatable bonds is 4. The van der Waals surface area contributed by atoms with E-state index in [0.717, 1.165) is 5.69 Å². The standard InChI is InChI=1S/C13H15N5O/c1-17(10-11-6-2-4-8-15-11)18(13(14)19)12-7-3-5-9-16-12/h2-9H,10H2,1H3,(H2,14,19). The Hall–Kier alpha value is -2.47. The zero-order valence-electron chi connectivity index (χ0n) is 10.6. The van der Waals surface area contributed by atoms with Crippen LogP contribution in [0.2, 0.25) is 0 Å². The van der Waals surface area contributed by atoms with Gasteiger partial charge in [-0.3, -0.25) is 4.98 Å². The van der Waals surface area contributed by atoms with Gasteiger partial charge in [-0.05, 0) is 24.3 Å². The van der Waals surface area contributed by atoms with Gasteiger partial charge in [0.15, 0.2) is 5.82 Å². The van der Waals surface area contributed by atoms with Gasteiger partial charge in [-0.1, -0.05) is 12.1 Å². The fraction of sp³-hybridized carbons (Fsp3) is 0.154. The quantitative estimate of drug-likeness (QED) is 0.840. The number of carbonyl (C=O) groups is 1. The minimum absolute atomic E-state index is 0.459. The second kappa shape index (κ2) is 5.92. The van der Waals surface area contributed by atoms with Gasteiger partial charge < -0.3 is 5.73 Å². The van der Waals surface area contributed by atoms with E-state index >= 15 is 0 Å². The molecule has 0 spiro atoms. The van der Waals surface area contributed by atoms with Crippen LogP contribution in [0.15, 0.2) is 48.8 Å². The molecule has 0 saturated carbocycles. The lowest BCUT2D eigenvalue weighted by Crippen LogP contribution is -2.47. The number of carbonyl (C=O) groups excluding carboxylic acids is 1. The minimum Gasteiger partial charge on any atom is -0.350 e. The molecule has 0 aliphatic heterocycles. The number of nitrogens with zero attached hydrogens (tertiary/aromatic N) is 4. The molecule has 2 N–H and O–H groups in total. The summed E-state index contributed by atoms with van der Waals surface area (Å²) >= 11 is 0. The van der Waals surface area contributed by atoms with Gasteiger partial charge in [0.1, 0.15) is 0 Å². The number of anilines is 1. The van der Waals surface area contributed by atoms with Gasteiger partial charge in [0.05, 0.1) is 12.2 Å². The Morgan fingerprint density at radius 1 is 1.16 bits per heavy atom. The molecule has 19 heavy (non-hydrogen) atoms. The third-order valence-corrected chi connectivity index (χ3v) is 2.53. The molecule has 0 radical (unpaired) electrons. The molecule has 0 aromatic carbocycles. The Bertz CT molecular complexity index is 531. The molecule has 6 nitrogen and oxygen atoms in total. The largest absolute Gasteiger partial charge is 0.350 e. The fourth-order valence-corrected chi connectivity index (χ4v) is 1.73. The van der Waals surface area contributed by atoms with Crippen LogP contribution in [0.1, 0.15) is 5.69 Å². The molecule has 0 aliphatic carbocycles. The maximum atomic E-state index is 11.6. The van der Waals surface area contributed by atoms with Crippen molar-refractivity contribution in [3.63, 3.8) is 0 Å². The SMILES string of the molecule is CN(Cc1ccccn1)N(C(N)=O)c1ccccn1. The summed E-state index contributed by atoms with van der Waals surface area (Å²) in [5.41, 5.74) is 6.25. The van der Waals surface area contributed by atoms with E-state index in [4.69, 9.17) is 5.73 Å². The number of hydrogen-bond acceptors (Lipinski definition) is 4. The van der Waals surface area contributed by atoms with Crippen molar-refractivity contribution in [2.24, 2.45) is 5.73 Å². The number of amides is 2. The number of hydrazine groups is 1. The predicted octanol–water partition coefficient (Wildman–Crippen LogP) is 1.41. The van der Waals surface area contributed by atoms with E-state index < -0.39 is 6.03 Å². The molecule has 2 rings (SSSR count). The third kappa shape index (κ3) is 3.26. The number of primary amides is 1. The summed E-state index contributed by atoms with van der Waals surface area (Å²) in [6, 6.07) is 10.3. The molecule has 0 fully saturated rings. The lowest BCUT2D eigenvalue weighted by Gasteiger charge is -2.28. The Kier molecular flexibility index (Phi) is 4.04. The highest BCUT2D eigenvalue weighted by Gasteiger charge is 2.19. The van der Waals surface area contributed by atoms with Crippen LogP contribution in [-0.4, -0.2) is 28.1 Å². The first-order valence-electron chi connectivity index (χ1n) is 5.80. The lowest BCUT2D eigenvalue weighted by molar-refractivity contribution is 0.227. The van der Waals surface area contributed by atoms with E-state index in [1.54, 1.807) is 42.6 Å². The van der Waals surface area contributed by atoms with Crippen LogP contribution in [0.3, 0.4) is 0 Å². The lowest BCUT2D eigenvalue weighted by atomic mass is 10.3. The van der Waals surface area contributed by atoms with Gasteiger partial charge in [0, 0.05) is 19.4 Å². The van der Waals surface area contributed by atoms with E-state index in [1.807, 2.05) is 18.2 Å². The molecule has 2 heterocycles. The van der Waals surface area contributed by atoms with Crippen LogP contribution >= 0.6 is 0 Å². The predicted molar refractivity (Wildman–Crippen MR) is 72.0 cm³/mol. The molecule has 2 amide bonds. The van der Waals surface area contributed by atoms with E-state index in [0.29, 0.717) is 12.4 Å². The highest BCUT2D eigenvalue weighted by molar-refractivity contribution is 5.88. The summed E-state index contributed by atoms with van der Waals surface area (Å²) in [5.74, 6) is 0.480. The molecule has 2 aromatic heterocycles. The fourth-order valence-electron chi connectivity index (χ4n) is 1.73. The van der Waals surface area contributed by atoms with Crippen LogP contribution in [0.4, 0.5) is 10.6 Å². The molecule has 0 atom stereocenters. The summed E-state index contributed by atoms with van der Waals surface area (Å²) in [5, 5.41) is 2.99. The molecule has 0 aliphatic rings. The summed E-state index contributed by atoms with van der Waals surface area (Å²) in [7, 11) is 1.76. The topological polar surface area (TPSA) is 75.3 Å². The van der Waals surface area contributed by atoms with Crippen LogP contribution in [-0.2, 0) is 6.54 Å². The molecular weight excluding hydrogens is 242 g/mol. The van der Waals surface area contributed by atoms with Crippen molar-refractivity contribution >= 4 is 11.8 Å². The number of aromatic nitrogens is 2. The Morgan fingerprint density at radius 2 is 1.84 bits per heavy atom. The normalized spacial score (nSPS) is 10.4. The van der Waals surface area contributed by atoms with E-state index in [2.05, 4.69) is 9.97 Å². The number of urea groups is 1. The Labute approximate surface area is 111 Å². The van der Waals surface area contributed by atoms with Gasteiger partial charge in [0.25, 0.3) is 0 Å². The van der Waals surface area contributed by atoms with Crippen molar-refractivity contribution < 1.29 is 4.79 Å². The zero-order valence-corrected chi connectivity index (χ0v) is 10.6. The summed E-state index contributed by atoms with van der Waals surface area (Å²) in [4.78, 5) is 19.9. The molecule has 98 valence electrons.